The number of hydrogen-bond acceptors (Lipinski definition) is 2. The third-order valence-corrected chi connectivity index (χ3v) is 4.30. The maximum atomic E-state index is 3.78. The quantitative estimate of drug-likeness (QED) is 0.746. The highest BCUT2D eigenvalue weighted by Crippen LogP contribution is 2.29. The van der Waals surface area contributed by atoms with Gasteiger partial charge in [0.25, 0.3) is 0 Å². The summed E-state index contributed by atoms with van der Waals surface area (Å²) in [4.78, 5) is 0. The maximum Gasteiger partial charge on any atom is 0.00913 e. The van der Waals surface area contributed by atoms with Gasteiger partial charge < -0.3 is 10.6 Å². The molecule has 0 amide bonds. The molecule has 0 aromatic rings. The first kappa shape index (κ1) is 11.4. The molecule has 1 aliphatic carbocycles. The van der Waals surface area contributed by atoms with Crippen molar-refractivity contribution in [2.24, 2.45) is 11.8 Å². The topological polar surface area (TPSA) is 24.1 Å². The summed E-state index contributed by atoms with van der Waals surface area (Å²) in [6.07, 6.45) is 8.48. The molecule has 0 bridgehead atoms. The van der Waals surface area contributed by atoms with Crippen molar-refractivity contribution >= 4 is 0 Å². The van der Waals surface area contributed by atoms with Crippen LogP contribution in [0.5, 0.6) is 0 Å². The van der Waals surface area contributed by atoms with Gasteiger partial charge in [0.2, 0.25) is 0 Å². The van der Waals surface area contributed by atoms with Crippen LogP contribution >= 0.6 is 0 Å². The molecule has 88 valence electrons. The number of nitrogens with one attached hydrogen (secondary N) is 2. The van der Waals surface area contributed by atoms with Gasteiger partial charge in [-0.25, -0.2) is 0 Å². The van der Waals surface area contributed by atoms with Gasteiger partial charge in [0, 0.05) is 6.04 Å². The minimum absolute atomic E-state index is 0.792. The molecule has 1 saturated heterocycles. The van der Waals surface area contributed by atoms with Gasteiger partial charge in [-0.15, -0.1) is 0 Å². The minimum atomic E-state index is 0.792. The molecule has 1 aliphatic heterocycles. The lowest BCUT2D eigenvalue weighted by atomic mass is 9.80. The SMILES string of the molecule is CC1CCCCC1CNC1CCNCC1. The highest BCUT2D eigenvalue weighted by atomic mass is 15.0. The van der Waals surface area contributed by atoms with E-state index < -0.39 is 0 Å². The van der Waals surface area contributed by atoms with Crippen molar-refractivity contribution in [3.63, 3.8) is 0 Å². The summed E-state index contributed by atoms with van der Waals surface area (Å²) < 4.78 is 0. The molecule has 0 spiro atoms. The smallest absolute Gasteiger partial charge is 0.00913 e. The molecule has 2 aliphatic rings. The Labute approximate surface area is 94.2 Å². The first-order chi connectivity index (χ1) is 7.36. The van der Waals surface area contributed by atoms with Gasteiger partial charge in [-0.1, -0.05) is 26.2 Å². The Morgan fingerprint density at radius 3 is 2.53 bits per heavy atom. The molecule has 0 aromatic carbocycles. The molecular formula is C13H26N2. The molecular weight excluding hydrogens is 184 g/mol. The van der Waals surface area contributed by atoms with Crippen LogP contribution in [0.25, 0.3) is 0 Å². The lowest BCUT2D eigenvalue weighted by molar-refractivity contribution is 0.233. The summed E-state index contributed by atoms with van der Waals surface area (Å²) in [6.45, 7) is 6.12. The Kier molecular flexibility index (Phi) is 4.45. The van der Waals surface area contributed by atoms with Gasteiger partial charge in [-0.2, -0.15) is 0 Å². The van der Waals surface area contributed by atoms with Crippen molar-refractivity contribution in [1.82, 2.24) is 10.6 Å². The van der Waals surface area contributed by atoms with Crippen LogP contribution in [-0.4, -0.2) is 25.7 Å². The average Bonchev–Trinajstić information content (AvgIpc) is 2.29. The van der Waals surface area contributed by atoms with Crippen LogP contribution < -0.4 is 10.6 Å². The zero-order chi connectivity index (χ0) is 10.5. The van der Waals surface area contributed by atoms with Crippen LogP contribution in [0.1, 0.15) is 45.4 Å². The van der Waals surface area contributed by atoms with E-state index >= 15 is 0 Å². The van der Waals surface area contributed by atoms with E-state index in [0.717, 1.165) is 17.9 Å². The van der Waals surface area contributed by atoms with E-state index in [-0.39, 0.29) is 0 Å². The van der Waals surface area contributed by atoms with Crippen molar-refractivity contribution in [2.45, 2.75) is 51.5 Å². The average molecular weight is 210 g/mol. The van der Waals surface area contributed by atoms with E-state index in [1.807, 2.05) is 0 Å². The fourth-order valence-corrected chi connectivity index (χ4v) is 3.04. The number of hydrogen-bond donors (Lipinski definition) is 2. The van der Waals surface area contributed by atoms with Crippen molar-refractivity contribution in [2.75, 3.05) is 19.6 Å². The van der Waals surface area contributed by atoms with Gasteiger partial charge >= 0.3 is 0 Å². The molecule has 0 radical (unpaired) electrons. The molecule has 15 heavy (non-hydrogen) atoms. The Bertz CT molecular complexity index is 175. The molecule has 2 rings (SSSR count). The summed E-state index contributed by atoms with van der Waals surface area (Å²) in [5.74, 6) is 1.90. The molecule has 2 atom stereocenters. The monoisotopic (exact) mass is 210 g/mol. The fraction of sp³-hybridized carbons (Fsp3) is 1.00. The minimum Gasteiger partial charge on any atom is -0.317 e. The first-order valence-corrected chi connectivity index (χ1v) is 6.80. The van der Waals surface area contributed by atoms with Gasteiger partial charge in [0.15, 0.2) is 0 Å². The van der Waals surface area contributed by atoms with E-state index in [1.165, 1.54) is 58.2 Å². The predicted molar refractivity (Wildman–Crippen MR) is 65.0 cm³/mol. The molecule has 2 N–H and O–H groups in total. The molecule has 0 aromatic heterocycles. The van der Waals surface area contributed by atoms with Gasteiger partial charge in [0.1, 0.15) is 0 Å². The van der Waals surface area contributed by atoms with Crippen LogP contribution in [0, 0.1) is 11.8 Å². The molecule has 2 nitrogen and oxygen atoms in total. The highest BCUT2D eigenvalue weighted by Gasteiger charge is 2.22. The Morgan fingerprint density at radius 2 is 1.80 bits per heavy atom. The maximum absolute atomic E-state index is 3.78. The summed E-state index contributed by atoms with van der Waals surface area (Å²) in [5, 5.41) is 7.20. The molecule has 1 heterocycles. The highest BCUT2D eigenvalue weighted by molar-refractivity contribution is 4.79. The Morgan fingerprint density at radius 1 is 1.07 bits per heavy atom. The third kappa shape index (κ3) is 3.46. The van der Waals surface area contributed by atoms with Crippen molar-refractivity contribution < 1.29 is 0 Å². The van der Waals surface area contributed by atoms with Crippen LogP contribution in [0.15, 0.2) is 0 Å². The zero-order valence-electron chi connectivity index (χ0n) is 10.1. The standard InChI is InChI=1S/C13H26N2/c1-11-4-2-3-5-12(11)10-15-13-6-8-14-9-7-13/h11-15H,2-10H2,1H3. The van der Waals surface area contributed by atoms with Crippen LogP contribution in [0.3, 0.4) is 0 Å². The zero-order valence-corrected chi connectivity index (χ0v) is 10.1. The van der Waals surface area contributed by atoms with Gasteiger partial charge in [0.05, 0.1) is 0 Å². The summed E-state index contributed by atoms with van der Waals surface area (Å²) in [7, 11) is 0. The van der Waals surface area contributed by atoms with E-state index in [1.54, 1.807) is 0 Å². The lowest BCUT2D eigenvalue weighted by Crippen LogP contribution is -2.42. The van der Waals surface area contributed by atoms with Crippen LogP contribution in [-0.2, 0) is 0 Å². The van der Waals surface area contributed by atoms with E-state index in [9.17, 15) is 0 Å². The second kappa shape index (κ2) is 5.86. The van der Waals surface area contributed by atoms with E-state index in [4.69, 9.17) is 0 Å². The number of rotatable bonds is 3. The summed E-state index contributed by atoms with van der Waals surface area (Å²) in [6, 6.07) is 0.792. The van der Waals surface area contributed by atoms with Gasteiger partial charge in [-0.05, 0) is 50.7 Å². The first-order valence-electron chi connectivity index (χ1n) is 6.80. The molecule has 2 unspecified atom stereocenters. The van der Waals surface area contributed by atoms with E-state index in [0.29, 0.717) is 0 Å². The number of piperidine rings is 1. The Balaban J connectivity index is 1.67. The largest absolute Gasteiger partial charge is 0.317 e. The molecule has 1 saturated carbocycles. The van der Waals surface area contributed by atoms with Crippen molar-refractivity contribution in [1.29, 1.82) is 0 Å². The van der Waals surface area contributed by atoms with Gasteiger partial charge in [-0.3, -0.25) is 0 Å². The Hall–Kier alpha value is -0.0800. The van der Waals surface area contributed by atoms with Crippen molar-refractivity contribution in [3.8, 4) is 0 Å². The normalized spacial score (nSPS) is 34.2. The van der Waals surface area contributed by atoms with Crippen LogP contribution in [0.2, 0.25) is 0 Å². The second-order valence-electron chi connectivity index (χ2n) is 5.45. The fourth-order valence-electron chi connectivity index (χ4n) is 3.04. The molecule has 2 fully saturated rings. The third-order valence-electron chi connectivity index (χ3n) is 4.30. The lowest BCUT2D eigenvalue weighted by Gasteiger charge is -2.32. The second-order valence-corrected chi connectivity index (χ2v) is 5.45. The summed E-state index contributed by atoms with van der Waals surface area (Å²) >= 11 is 0. The summed E-state index contributed by atoms with van der Waals surface area (Å²) in [5.41, 5.74) is 0. The predicted octanol–water partition coefficient (Wildman–Crippen LogP) is 2.15. The van der Waals surface area contributed by atoms with Crippen LogP contribution in [0.4, 0.5) is 0 Å². The molecule has 2 heteroatoms. The van der Waals surface area contributed by atoms with E-state index in [2.05, 4.69) is 17.6 Å². The van der Waals surface area contributed by atoms with Crippen molar-refractivity contribution in [3.05, 3.63) is 0 Å².